The van der Waals surface area contributed by atoms with E-state index in [2.05, 4.69) is 9.47 Å². The Morgan fingerprint density at radius 1 is 1.35 bits per heavy atom. The van der Waals surface area contributed by atoms with Crippen LogP contribution in [0.15, 0.2) is 23.1 Å². The molecule has 20 heavy (non-hydrogen) atoms. The molecule has 0 heterocycles. The highest BCUT2D eigenvalue weighted by molar-refractivity contribution is 7.89. The Hall–Kier alpha value is -1.85. The van der Waals surface area contributed by atoms with Crippen molar-refractivity contribution in [2.24, 2.45) is 0 Å². The van der Waals surface area contributed by atoms with Gasteiger partial charge in [-0.1, -0.05) is 11.0 Å². The van der Waals surface area contributed by atoms with Crippen molar-refractivity contribution in [3.8, 4) is 5.75 Å². The van der Waals surface area contributed by atoms with Crippen molar-refractivity contribution in [2.45, 2.75) is 11.3 Å². The van der Waals surface area contributed by atoms with Crippen molar-refractivity contribution in [3.63, 3.8) is 0 Å². The normalized spacial score (nSPS) is 12.1. The smallest absolute Gasteiger partial charge is 0.465 e. The van der Waals surface area contributed by atoms with Gasteiger partial charge in [-0.15, -0.1) is 13.2 Å². The first-order valence-electron chi connectivity index (χ1n) is 4.75. The molecule has 0 atom stereocenters. The third-order valence-corrected chi connectivity index (χ3v) is 3.20. The summed E-state index contributed by atoms with van der Waals surface area (Å²) in [6.45, 7) is 0. The Balaban J connectivity index is 3.58. The summed E-state index contributed by atoms with van der Waals surface area (Å²) >= 11 is 0. The van der Waals surface area contributed by atoms with Gasteiger partial charge in [0.25, 0.3) is 10.0 Å². The molecule has 1 aromatic carbocycles. The summed E-state index contributed by atoms with van der Waals surface area (Å²) in [4.78, 5) is 11.0. The number of esters is 1. The molecule has 0 bridgehead atoms. The van der Waals surface area contributed by atoms with Crippen LogP contribution >= 0.6 is 0 Å². The van der Waals surface area contributed by atoms with E-state index < -0.39 is 38.6 Å². The molecule has 0 saturated carbocycles. The van der Waals surface area contributed by atoms with Gasteiger partial charge in [-0.25, -0.2) is 13.2 Å². The molecule has 0 spiro atoms. The van der Waals surface area contributed by atoms with Crippen molar-refractivity contribution in [3.05, 3.63) is 23.8 Å². The third-order valence-electron chi connectivity index (χ3n) is 2.00. The fourth-order valence-corrected chi connectivity index (χ4v) is 2.22. The lowest BCUT2D eigenvalue weighted by molar-refractivity contribution is -0.275. The highest BCUT2D eigenvalue weighted by atomic mass is 32.2. The topological polar surface area (TPSA) is 102 Å². The molecular formula is C9H8F3NO6S. The minimum Gasteiger partial charge on any atom is -0.465 e. The number of carbonyl (C=O) groups is 1. The maximum atomic E-state index is 12.2. The highest BCUT2D eigenvalue weighted by Gasteiger charge is 2.36. The standard InChI is InChI=1S/C9H8F3NO6S/c1-18-8(14)5-3-2-4-6(19-9(10,11)12)7(5)20(16,17)13-15/h2-4,13,15H,1H3. The zero-order chi connectivity index (χ0) is 15.6. The SMILES string of the molecule is COC(=O)c1cccc(OC(F)(F)F)c1S(=O)(=O)NO. The van der Waals surface area contributed by atoms with Gasteiger partial charge in [-0.3, -0.25) is 0 Å². The largest absolute Gasteiger partial charge is 0.573 e. The number of rotatable bonds is 4. The number of hydrogen-bond donors (Lipinski definition) is 2. The van der Waals surface area contributed by atoms with Crippen LogP contribution in [0.2, 0.25) is 0 Å². The molecule has 112 valence electrons. The maximum absolute atomic E-state index is 12.2. The van der Waals surface area contributed by atoms with Crippen LogP contribution in [0.4, 0.5) is 13.2 Å². The van der Waals surface area contributed by atoms with E-state index in [0.29, 0.717) is 6.07 Å². The number of hydrogen-bond acceptors (Lipinski definition) is 6. The number of sulfonamides is 1. The average molecular weight is 315 g/mol. The van der Waals surface area contributed by atoms with Crippen LogP contribution in [-0.4, -0.2) is 33.1 Å². The lowest BCUT2D eigenvalue weighted by atomic mass is 10.2. The Kier molecular flexibility index (Phi) is 4.57. The van der Waals surface area contributed by atoms with Gasteiger partial charge >= 0.3 is 12.3 Å². The third kappa shape index (κ3) is 3.59. The molecule has 0 aromatic heterocycles. The average Bonchev–Trinajstić information content (AvgIpc) is 2.35. The molecule has 2 N–H and O–H groups in total. The van der Waals surface area contributed by atoms with E-state index in [1.165, 1.54) is 0 Å². The van der Waals surface area contributed by atoms with E-state index >= 15 is 0 Å². The van der Waals surface area contributed by atoms with E-state index in [0.717, 1.165) is 24.1 Å². The summed E-state index contributed by atoms with van der Waals surface area (Å²) in [5, 5.41) is 8.52. The number of benzene rings is 1. The summed E-state index contributed by atoms with van der Waals surface area (Å²) in [6.07, 6.45) is -5.19. The molecule has 0 saturated heterocycles. The van der Waals surface area contributed by atoms with Crippen LogP contribution in [0.3, 0.4) is 0 Å². The van der Waals surface area contributed by atoms with Gasteiger partial charge in [0.15, 0.2) is 0 Å². The molecule has 0 aliphatic heterocycles. The first kappa shape index (κ1) is 16.2. The lowest BCUT2D eigenvalue weighted by Gasteiger charge is -2.15. The summed E-state index contributed by atoms with van der Waals surface area (Å²) in [7, 11) is -3.90. The maximum Gasteiger partial charge on any atom is 0.573 e. The number of halogens is 3. The summed E-state index contributed by atoms with van der Waals surface area (Å²) < 4.78 is 67.5. The second-order valence-electron chi connectivity index (χ2n) is 3.27. The van der Waals surface area contributed by atoms with Crippen molar-refractivity contribution in [1.29, 1.82) is 0 Å². The van der Waals surface area contributed by atoms with Crippen LogP contribution in [0.1, 0.15) is 10.4 Å². The predicted molar refractivity (Wildman–Crippen MR) is 56.6 cm³/mol. The van der Waals surface area contributed by atoms with Crippen LogP contribution in [0.5, 0.6) is 5.75 Å². The van der Waals surface area contributed by atoms with Crippen LogP contribution in [0.25, 0.3) is 0 Å². The molecule has 0 aliphatic carbocycles. The van der Waals surface area contributed by atoms with E-state index in [1.807, 2.05) is 0 Å². The van der Waals surface area contributed by atoms with Crippen LogP contribution < -0.4 is 9.62 Å². The predicted octanol–water partition coefficient (Wildman–Crippen LogP) is 1.04. The fourth-order valence-electron chi connectivity index (χ4n) is 1.31. The molecule has 0 unspecified atom stereocenters. The van der Waals surface area contributed by atoms with Crippen molar-refractivity contribution < 1.29 is 41.1 Å². The van der Waals surface area contributed by atoms with Crippen molar-refractivity contribution in [2.75, 3.05) is 7.11 Å². The molecule has 0 aliphatic rings. The Bertz CT molecular complexity index is 613. The molecule has 1 aromatic rings. The Morgan fingerprint density at radius 2 is 1.95 bits per heavy atom. The monoisotopic (exact) mass is 315 g/mol. The Morgan fingerprint density at radius 3 is 2.40 bits per heavy atom. The van der Waals surface area contributed by atoms with Crippen molar-refractivity contribution >= 4 is 16.0 Å². The second kappa shape index (κ2) is 5.64. The highest BCUT2D eigenvalue weighted by Crippen LogP contribution is 2.32. The molecule has 0 amide bonds. The van der Waals surface area contributed by atoms with E-state index in [1.54, 1.807) is 0 Å². The fraction of sp³-hybridized carbons (Fsp3) is 0.222. The summed E-state index contributed by atoms with van der Waals surface area (Å²) in [5.41, 5.74) is -0.726. The van der Waals surface area contributed by atoms with Gasteiger partial charge in [-0.2, -0.15) is 0 Å². The van der Waals surface area contributed by atoms with Crippen molar-refractivity contribution in [1.82, 2.24) is 4.89 Å². The minimum atomic E-state index is -5.19. The number of ether oxygens (including phenoxy) is 2. The quantitative estimate of drug-likeness (QED) is 0.636. The number of carbonyl (C=O) groups excluding carboxylic acids is 1. The molecule has 1 rings (SSSR count). The number of nitrogens with one attached hydrogen (secondary N) is 1. The van der Waals surface area contributed by atoms with E-state index in [4.69, 9.17) is 5.21 Å². The van der Waals surface area contributed by atoms with Gasteiger partial charge in [0.2, 0.25) is 0 Å². The molecule has 7 nitrogen and oxygen atoms in total. The first-order chi connectivity index (χ1) is 9.12. The zero-order valence-electron chi connectivity index (χ0n) is 9.76. The van der Waals surface area contributed by atoms with E-state index in [9.17, 15) is 26.4 Å². The molecule has 0 radical (unpaired) electrons. The second-order valence-corrected chi connectivity index (χ2v) is 4.86. The van der Waals surface area contributed by atoms with Crippen LogP contribution in [0, 0.1) is 0 Å². The summed E-state index contributed by atoms with van der Waals surface area (Å²) in [5.74, 6) is -2.40. The molecule has 0 fully saturated rings. The Labute approximate surface area is 110 Å². The van der Waals surface area contributed by atoms with E-state index in [-0.39, 0.29) is 0 Å². The number of methoxy groups -OCH3 is 1. The number of alkyl halides is 3. The minimum absolute atomic E-state index is 0.671. The van der Waals surface area contributed by atoms with Crippen LogP contribution in [-0.2, 0) is 14.8 Å². The van der Waals surface area contributed by atoms with Gasteiger partial charge in [0, 0.05) is 0 Å². The van der Waals surface area contributed by atoms with Gasteiger partial charge in [0.1, 0.15) is 10.6 Å². The zero-order valence-corrected chi connectivity index (χ0v) is 10.6. The van der Waals surface area contributed by atoms with Gasteiger partial charge < -0.3 is 14.7 Å². The molecule has 11 heteroatoms. The first-order valence-corrected chi connectivity index (χ1v) is 6.23. The molecular weight excluding hydrogens is 307 g/mol. The lowest BCUT2D eigenvalue weighted by Crippen LogP contribution is -2.26. The van der Waals surface area contributed by atoms with Gasteiger partial charge in [-0.05, 0) is 12.1 Å². The summed E-state index contributed by atoms with van der Waals surface area (Å²) in [6, 6.07) is 2.53. The van der Waals surface area contributed by atoms with Gasteiger partial charge in [0.05, 0.1) is 12.7 Å².